The van der Waals surface area contributed by atoms with Crippen LogP contribution in [0.1, 0.15) is 40.0 Å². The second-order valence-corrected chi connectivity index (χ2v) is 8.15. The number of carbonyl (C=O) groups is 1. The van der Waals surface area contributed by atoms with Crippen LogP contribution in [0.2, 0.25) is 0 Å². The Morgan fingerprint density at radius 2 is 2.00 bits per heavy atom. The van der Waals surface area contributed by atoms with E-state index >= 15 is 0 Å². The number of ether oxygens (including phenoxy) is 1. The highest BCUT2D eigenvalue weighted by atomic mass is 19.1. The molecule has 6 heteroatoms. The van der Waals surface area contributed by atoms with Gasteiger partial charge in [-0.3, -0.25) is 0 Å². The molecule has 0 bridgehead atoms. The molecule has 0 radical (unpaired) electrons. The number of carbonyl (C=O) groups excluding carboxylic acids is 1. The highest BCUT2D eigenvalue weighted by Crippen LogP contribution is 2.25. The second-order valence-electron chi connectivity index (χ2n) is 8.15. The number of alkyl carbamates (subject to hydrolysis) is 1. The zero-order valence-corrected chi connectivity index (χ0v) is 16.3. The van der Waals surface area contributed by atoms with Crippen molar-refractivity contribution in [3.8, 4) is 0 Å². The Kier molecular flexibility index (Phi) is 5.82. The van der Waals surface area contributed by atoms with Crippen molar-refractivity contribution in [1.82, 2.24) is 10.3 Å². The summed E-state index contributed by atoms with van der Waals surface area (Å²) in [6.07, 6.45) is 2.74. The summed E-state index contributed by atoms with van der Waals surface area (Å²) in [7, 11) is 0. The second kappa shape index (κ2) is 8.11. The third-order valence-corrected chi connectivity index (χ3v) is 4.80. The molecular formula is C21H28FN3O2. The Labute approximate surface area is 159 Å². The van der Waals surface area contributed by atoms with Crippen molar-refractivity contribution in [2.45, 2.75) is 45.6 Å². The van der Waals surface area contributed by atoms with E-state index in [2.05, 4.69) is 15.2 Å². The van der Waals surface area contributed by atoms with Gasteiger partial charge in [0.2, 0.25) is 0 Å². The third kappa shape index (κ3) is 5.55. The van der Waals surface area contributed by atoms with Gasteiger partial charge in [0.25, 0.3) is 0 Å². The molecule has 1 aromatic heterocycles. The predicted molar refractivity (Wildman–Crippen MR) is 105 cm³/mol. The van der Waals surface area contributed by atoms with E-state index in [1.54, 1.807) is 6.07 Å². The first-order valence-electron chi connectivity index (χ1n) is 9.58. The van der Waals surface area contributed by atoms with Gasteiger partial charge >= 0.3 is 6.09 Å². The van der Waals surface area contributed by atoms with Crippen LogP contribution in [-0.2, 0) is 4.74 Å². The highest BCUT2D eigenvalue weighted by molar-refractivity contribution is 5.80. The zero-order valence-electron chi connectivity index (χ0n) is 16.3. The normalized spacial score (nSPS) is 15.8. The fourth-order valence-corrected chi connectivity index (χ4v) is 3.41. The van der Waals surface area contributed by atoms with Crippen LogP contribution in [0.15, 0.2) is 30.3 Å². The molecule has 1 aliphatic rings. The number of halogens is 1. The number of piperidine rings is 1. The smallest absolute Gasteiger partial charge is 0.407 e. The van der Waals surface area contributed by atoms with Crippen molar-refractivity contribution in [3.63, 3.8) is 0 Å². The van der Waals surface area contributed by atoms with Gasteiger partial charge in [-0.15, -0.1) is 0 Å². The van der Waals surface area contributed by atoms with Crippen LogP contribution < -0.4 is 10.2 Å². The summed E-state index contributed by atoms with van der Waals surface area (Å²) in [5, 5.41) is 3.66. The summed E-state index contributed by atoms with van der Waals surface area (Å²) in [4.78, 5) is 18.6. The molecule has 3 rings (SSSR count). The number of fused-ring (bicyclic) bond motifs is 1. The molecule has 27 heavy (non-hydrogen) atoms. The average molecular weight is 373 g/mol. The summed E-state index contributed by atoms with van der Waals surface area (Å²) < 4.78 is 18.5. The molecule has 0 atom stereocenters. The molecule has 5 nitrogen and oxygen atoms in total. The van der Waals surface area contributed by atoms with Gasteiger partial charge < -0.3 is 15.0 Å². The summed E-state index contributed by atoms with van der Waals surface area (Å²) in [6.45, 7) is 8.10. The van der Waals surface area contributed by atoms with Crippen LogP contribution in [-0.4, -0.2) is 36.3 Å². The maximum absolute atomic E-state index is 13.3. The topological polar surface area (TPSA) is 54.5 Å². The number of hydrogen-bond acceptors (Lipinski definition) is 4. The van der Waals surface area contributed by atoms with E-state index in [9.17, 15) is 9.18 Å². The van der Waals surface area contributed by atoms with Gasteiger partial charge in [-0.05, 0) is 76.3 Å². The van der Waals surface area contributed by atoms with Crippen LogP contribution in [0.4, 0.5) is 15.0 Å². The van der Waals surface area contributed by atoms with Crippen LogP contribution in [0, 0.1) is 11.7 Å². The number of hydrogen-bond donors (Lipinski definition) is 1. The first-order valence-corrected chi connectivity index (χ1v) is 9.58. The van der Waals surface area contributed by atoms with E-state index in [-0.39, 0.29) is 11.9 Å². The quantitative estimate of drug-likeness (QED) is 0.857. The lowest BCUT2D eigenvalue weighted by molar-refractivity contribution is 0.0524. The molecule has 146 valence electrons. The molecular weight excluding hydrogens is 345 g/mol. The minimum atomic E-state index is -0.464. The Morgan fingerprint density at radius 1 is 1.26 bits per heavy atom. The monoisotopic (exact) mass is 373 g/mol. The Hall–Kier alpha value is -2.37. The van der Waals surface area contributed by atoms with Gasteiger partial charge in [0.05, 0.1) is 5.52 Å². The molecule has 1 amide bonds. The van der Waals surface area contributed by atoms with Gasteiger partial charge in [-0.25, -0.2) is 14.2 Å². The molecule has 2 aromatic rings. The highest BCUT2D eigenvalue weighted by Gasteiger charge is 2.21. The Balaban J connectivity index is 1.46. The molecule has 0 spiro atoms. The largest absolute Gasteiger partial charge is 0.444 e. The number of anilines is 1. The van der Waals surface area contributed by atoms with Crippen molar-refractivity contribution in [3.05, 3.63) is 36.1 Å². The molecule has 0 unspecified atom stereocenters. The molecule has 1 aliphatic heterocycles. The summed E-state index contributed by atoms with van der Waals surface area (Å²) in [5.41, 5.74) is 0.353. The van der Waals surface area contributed by atoms with Gasteiger partial charge in [0, 0.05) is 25.0 Å². The first-order chi connectivity index (χ1) is 12.8. The summed E-state index contributed by atoms with van der Waals surface area (Å²) in [5.74, 6) is 1.29. The zero-order chi connectivity index (χ0) is 19.4. The Bertz CT molecular complexity index is 796. The van der Waals surface area contributed by atoms with E-state index in [0.29, 0.717) is 12.5 Å². The van der Waals surface area contributed by atoms with Crippen molar-refractivity contribution in [1.29, 1.82) is 0 Å². The van der Waals surface area contributed by atoms with Crippen molar-refractivity contribution in [2.24, 2.45) is 5.92 Å². The van der Waals surface area contributed by atoms with Crippen LogP contribution in [0.3, 0.4) is 0 Å². The van der Waals surface area contributed by atoms with E-state index in [1.165, 1.54) is 12.1 Å². The van der Waals surface area contributed by atoms with Gasteiger partial charge in [-0.1, -0.05) is 0 Å². The van der Waals surface area contributed by atoms with Crippen LogP contribution in [0.25, 0.3) is 10.9 Å². The molecule has 2 heterocycles. The van der Waals surface area contributed by atoms with E-state index in [1.807, 2.05) is 32.9 Å². The number of aromatic nitrogens is 1. The molecule has 1 N–H and O–H groups in total. The molecule has 0 aliphatic carbocycles. The lowest BCUT2D eigenvalue weighted by Crippen LogP contribution is -2.37. The van der Waals surface area contributed by atoms with E-state index in [4.69, 9.17) is 4.74 Å². The van der Waals surface area contributed by atoms with Crippen molar-refractivity contribution >= 4 is 22.8 Å². The fraction of sp³-hybridized carbons (Fsp3) is 0.524. The minimum absolute atomic E-state index is 0.238. The molecule has 0 saturated carbocycles. The third-order valence-electron chi connectivity index (χ3n) is 4.80. The maximum Gasteiger partial charge on any atom is 0.407 e. The summed E-state index contributed by atoms with van der Waals surface area (Å²) in [6, 6.07) is 8.58. The average Bonchev–Trinajstić information content (AvgIpc) is 2.60. The van der Waals surface area contributed by atoms with E-state index in [0.717, 1.165) is 49.1 Å². The Morgan fingerprint density at radius 3 is 2.70 bits per heavy atom. The maximum atomic E-state index is 13.3. The van der Waals surface area contributed by atoms with Crippen molar-refractivity contribution in [2.75, 3.05) is 24.5 Å². The standard InChI is InChI=1S/C21H28FN3O2/c1-21(2,3)27-20(26)23-11-8-15-9-12-25(13-10-15)19-7-4-16-14-17(22)5-6-18(16)24-19/h4-7,14-15H,8-13H2,1-3H3,(H,23,26). The summed E-state index contributed by atoms with van der Waals surface area (Å²) >= 11 is 0. The van der Waals surface area contributed by atoms with Gasteiger partial charge in [0.1, 0.15) is 17.2 Å². The van der Waals surface area contributed by atoms with E-state index < -0.39 is 5.60 Å². The lowest BCUT2D eigenvalue weighted by atomic mass is 9.93. The SMILES string of the molecule is CC(C)(C)OC(=O)NCCC1CCN(c2ccc3cc(F)ccc3n2)CC1. The van der Waals surface area contributed by atoms with Gasteiger partial charge in [0.15, 0.2) is 0 Å². The first kappa shape index (κ1) is 19.4. The molecule has 1 aromatic carbocycles. The van der Waals surface area contributed by atoms with Gasteiger partial charge in [-0.2, -0.15) is 0 Å². The lowest BCUT2D eigenvalue weighted by Gasteiger charge is -2.33. The minimum Gasteiger partial charge on any atom is -0.444 e. The van der Waals surface area contributed by atoms with Crippen molar-refractivity contribution < 1.29 is 13.9 Å². The van der Waals surface area contributed by atoms with Crippen LogP contribution in [0.5, 0.6) is 0 Å². The number of amides is 1. The number of benzene rings is 1. The fourth-order valence-electron chi connectivity index (χ4n) is 3.41. The van der Waals surface area contributed by atoms with Crippen LogP contribution >= 0.6 is 0 Å². The molecule has 1 saturated heterocycles. The number of nitrogens with one attached hydrogen (secondary N) is 1. The number of nitrogens with zero attached hydrogens (tertiary/aromatic N) is 2. The number of pyridine rings is 1. The molecule has 1 fully saturated rings. The predicted octanol–water partition coefficient (Wildman–Crippen LogP) is 4.51. The number of rotatable bonds is 4.